The summed E-state index contributed by atoms with van der Waals surface area (Å²) in [5, 5.41) is 7.07. The first-order valence-corrected chi connectivity index (χ1v) is 6.31. The summed E-state index contributed by atoms with van der Waals surface area (Å²) in [4.78, 5) is 12.1. The quantitative estimate of drug-likeness (QED) is 0.796. The molecule has 1 heterocycles. The third-order valence-corrected chi connectivity index (χ3v) is 2.94. The van der Waals surface area contributed by atoms with E-state index in [1.54, 1.807) is 22.9 Å². The van der Waals surface area contributed by atoms with Gasteiger partial charge in [0.25, 0.3) is 5.91 Å². The number of nitrogens with two attached hydrogens (primary N) is 1. The lowest BCUT2D eigenvalue weighted by atomic mass is 10.1. The zero-order valence-electron chi connectivity index (χ0n) is 11.6. The summed E-state index contributed by atoms with van der Waals surface area (Å²) in [6.07, 6.45) is 2.54. The summed E-state index contributed by atoms with van der Waals surface area (Å²) in [5.41, 5.74) is 7.53. The van der Waals surface area contributed by atoms with Crippen molar-refractivity contribution in [3.8, 4) is 5.75 Å². The van der Waals surface area contributed by atoms with E-state index in [2.05, 4.69) is 10.4 Å². The molecule has 0 spiro atoms. The lowest BCUT2D eigenvalue weighted by molar-refractivity contribution is 0.0952. The fourth-order valence-corrected chi connectivity index (χ4v) is 1.95. The van der Waals surface area contributed by atoms with Crippen LogP contribution in [0.5, 0.6) is 5.75 Å². The third-order valence-electron chi connectivity index (χ3n) is 2.94. The molecule has 3 N–H and O–H groups in total. The first-order valence-electron chi connectivity index (χ1n) is 6.31. The van der Waals surface area contributed by atoms with Gasteiger partial charge in [0.2, 0.25) is 0 Å². The molecule has 0 atom stereocenters. The Balaban J connectivity index is 1.98. The highest BCUT2D eigenvalue weighted by atomic mass is 16.5. The number of nitrogen functional groups attached to an aromatic ring is 1. The Morgan fingerprint density at radius 1 is 1.45 bits per heavy atom. The van der Waals surface area contributed by atoms with Crippen molar-refractivity contribution in [2.45, 2.75) is 6.42 Å². The number of methoxy groups -OCH3 is 1. The van der Waals surface area contributed by atoms with Gasteiger partial charge in [0.1, 0.15) is 11.3 Å². The zero-order valence-corrected chi connectivity index (χ0v) is 11.6. The van der Waals surface area contributed by atoms with E-state index in [1.807, 2.05) is 19.3 Å². The summed E-state index contributed by atoms with van der Waals surface area (Å²) in [7, 11) is 3.37. The summed E-state index contributed by atoms with van der Waals surface area (Å²) >= 11 is 0. The summed E-state index contributed by atoms with van der Waals surface area (Å²) in [6, 6.07) is 7.06. The largest absolute Gasteiger partial charge is 0.496 e. The molecule has 2 rings (SSSR count). The standard InChI is InChI=1S/C14H18N4O2/c1-18-9-7-10(17-18)6-8-16-14(19)13-11(15)4-3-5-12(13)20-2/h3-5,7,9H,6,8,15H2,1-2H3,(H,16,19). The Morgan fingerprint density at radius 3 is 2.90 bits per heavy atom. The van der Waals surface area contributed by atoms with E-state index < -0.39 is 0 Å². The van der Waals surface area contributed by atoms with Crippen LogP contribution in [0.2, 0.25) is 0 Å². The number of nitrogens with zero attached hydrogens (tertiary/aromatic N) is 2. The first kappa shape index (κ1) is 13.9. The topological polar surface area (TPSA) is 82.2 Å². The second kappa shape index (κ2) is 6.10. The minimum absolute atomic E-state index is 0.240. The molecule has 0 saturated heterocycles. The molecular formula is C14H18N4O2. The average molecular weight is 274 g/mol. The highest BCUT2D eigenvalue weighted by Gasteiger charge is 2.15. The van der Waals surface area contributed by atoms with E-state index in [9.17, 15) is 4.79 Å². The molecule has 0 aliphatic rings. The van der Waals surface area contributed by atoms with Gasteiger partial charge in [-0.1, -0.05) is 6.07 Å². The minimum atomic E-state index is -0.240. The molecule has 20 heavy (non-hydrogen) atoms. The van der Waals surface area contributed by atoms with Crippen molar-refractivity contribution in [1.29, 1.82) is 0 Å². The van der Waals surface area contributed by atoms with E-state index >= 15 is 0 Å². The molecule has 0 unspecified atom stereocenters. The van der Waals surface area contributed by atoms with Crippen molar-refractivity contribution in [3.05, 3.63) is 41.7 Å². The fraction of sp³-hybridized carbons (Fsp3) is 0.286. The van der Waals surface area contributed by atoms with Gasteiger partial charge in [-0.3, -0.25) is 9.48 Å². The zero-order chi connectivity index (χ0) is 14.5. The number of amides is 1. The molecule has 0 aliphatic carbocycles. The predicted molar refractivity (Wildman–Crippen MR) is 76.7 cm³/mol. The van der Waals surface area contributed by atoms with Crippen LogP contribution in [-0.2, 0) is 13.5 Å². The fourth-order valence-electron chi connectivity index (χ4n) is 1.95. The molecule has 0 bridgehead atoms. The van der Waals surface area contributed by atoms with Gasteiger partial charge in [0.05, 0.1) is 12.8 Å². The summed E-state index contributed by atoms with van der Waals surface area (Å²) < 4.78 is 6.89. The number of nitrogens with one attached hydrogen (secondary N) is 1. The number of hydrogen-bond donors (Lipinski definition) is 2. The molecule has 2 aromatic rings. The van der Waals surface area contributed by atoms with Gasteiger partial charge in [-0.15, -0.1) is 0 Å². The van der Waals surface area contributed by atoms with Crippen LogP contribution in [0, 0.1) is 0 Å². The molecule has 0 aliphatic heterocycles. The van der Waals surface area contributed by atoms with E-state index in [0.29, 0.717) is 30.0 Å². The first-order chi connectivity index (χ1) is 9.61. The van der Waals surface area contributed by atoms with Gasteiger partial charge in [-0.05, 0) is 18.2 Å². The van der Waals surface area contributed by atoms with Crippen molar-refractivity contribution in [2.24, 2.45) is 7.05 Å². The van der Waals surface area contributed by atoms with Crippen LogP contribution >= 0.6 is 0 Å². The predicted octanol–water partition coefficient (Wildman–Crippen LogP) is 0.983. The number of aryl methyl sites for hydroxylation is 1. The number of ether oxygens (including phenoxy) is 1. The molecule has 106 valence electrons. The Kier molecular flexibility index (Phi) is 4.24. The third kappa shape index (κ3) is 3.09. The number of anilines is 1. The van der Waals surface area contributed by atoms with Crippen LogP contribution in [0.15, 0.2) is 30.5 Å². The molecule has 1 aromatic heterocycles. The Labute approximate surface area is 117 Å². The number of hydrogen-bond acceptors (Lipinski definition) is 4. The number of rotatable bonds is 5. The minimum Gasteiger partial charge on any atom is -0.496 e. The van der Waals surface area contributed by atoms with Crippen LogP contribution in [0.3, 0.4) is 0 Å². The van der Waals surface area contributed by atoms with Crippen LogP contribution < -0.4 is 15.8 Å². The van der Waals surface area contributed by atoms with Crippen LogP contribution in [0.4, 0.5) is 5.69 Å². The van der Waals surface area contributed by atoms with Gasteiger partial charge < -0.3 is 15.8 Å². The normalized spacial score (nSPS) is 10.3. The molecule has 6 heteroatoms. The smallest absolute Gasteiger partial charge is 0.257 e. The second-order valence-electron chi connectivity index (χ2n) is 4.41. The average Bonchev–Trinajstić information content (AvgIpc) is 2.83. The SMILES string of the molecule is COc1cccc(N)c1C(=O)NCCc1ccn(C)n1. The Morgan fingerprint density at radius 2 is 2.25 bits per heavy atom. The maximum absolute atomic E-state index is 12.1. The second-order valence-corrected chi connectivity index (χ2v) is 4.41. The number of carbonyl (C=O) groups excluding carboxylic acids is 1. The van der Waals surface area contributed by atoms with Crippen molar-refractivity contribution >= 4 is 11.6 Å². The maximum Gasteiger partial charge on any atom is 0.257 e. The van der Waals surface area contributed by atoms with Crippen molar-refractivity contribution < 1.29 is 9.53 Å². The lowest BCUT2D eigenvalue weighted by Gasteiger charge is -2.11. The van der Waals surface area contributed by atoms with Gasteiger partial charge in [0.15, 0.2) is 0 Å². The molecule has 0 fully saturated rings. The number of carbonyl (C=O) groups is 1. The molecule has 1 aromatic carbocycles. The lowest BCUT2D eigenvalue weighted by Crippen LogP contribution is -2.27. The van der Waals surface area contributed by atoms with Crippen LogP contribution in [0.1, 0.15) is 16.1 Å². The van der Waals surface area contributed by atoms with E-state index in [0.717, 1.165) is 5.69 Å². The molecular weight excluding hydrogens is 256 g/mol. The Hall–Kier alpha value is -2.50. The van der Waals surface area contributed by atoms with Crippen molar-refractivity contribution in [2.75, 3.05) is 19.4 Å². The van der Waals surface area contributed by atoms with Gasteiger partial charge in [-0.25, -0.2) is 0 Å². The van der Waals surface area contributed by atoms with Crippen molar-refractivity contribution in [3.63, 3.8) is 0 Å². The number of benzene rings is 1. The van der Waals surface area contributed by atoms with Crippen LogP contribution in [-0.4, -0.2) is 29.3 Å². The highest BCUT2D eigenvalue weighted by Crippen LogP contribution is 2.23. The molecule has 1 amide bonds. The Bertz CT molecular complexity index is 607. The molecule has 0 saturated carbocycles. The van der Waals surface area contributed by atoms with E-state index in [4.69, 9.17) is 10.5 Å². The van der Waals surface area contributed by atoms with Crippen LogP contribution in [0.25, 0.3) is 0 Å². The monoisotopic (exact) mass is 274 g/mol. The van der Waals surface area contributed by atoms with Gasteiger partial charge in [0, 0.05) is 31.9 Å². The summed E-state index contributed by atoms with van der Waals surface area (Å²) in [6.45, 7) is 0.493. The highest BCUT2D eigenvalue weighted by molar-refractivity contribution is 6.01. The van der Waals surface area contributed by atoms with E-state index in [-0.39, 0.29) is 5.91 Å². The molecule has 6 nitrogen and oxygen atoms in total. The van der Waals surface area contributed by atoms with E-state index in [1.165, 1.54) is 7.11 Å². The molecule has 0 radical (unpaired) electrons. The summed E-state index contributed by atoms with van der Waals surface area (Å²) in [5.74, 6) is 0.233. The van der Waals surface area contributed by atoms with Gasteiger partial charge >= 0.3 is 0 Å². The van der Waals surface area contributed by atoms with Crippen molar-refractivity contribution in [1.82, 2.24) is 15.1 Å². The van der Waals surface area contributed by atoms with Gasteiger partial charge in [-0.2, -0.15) is 5.10 Å². The maximum atomic E-state index is 12.1. The number of aromatic nitrogens is 2.